The van der Waals surface area contributed by atoms with Crippen LogP contribution in [0.1, 0.15) is 32.1 Å². The average Bonchev–Trinajstić information content (AvgIpc) is 3.11. The van der Waals surface area contributed by atoms with Crippen LogP contribution < -0.4 is 0 Å². The molecule has 0 aromatic rings. The summed E-state index contributed by atoms with van der Waals surface area (Å²) in [5, 5.41) is 0. The normalized spacial score (nSPS) is 30.5. The second kappa shape index (κ2) is 6.67. The third kappa shape index (κ3) is 3.71. The van der Waals surface area contributed by atoms with E-state index in [1.54, 1.807) is 0 Å². The van der Waals surface area contributed by atoms with E-state index < -0.39 is 5.79 Å². The number of piperidine rings is 1. The SMILES string of the molecule is O=C(CN(CC1CCOC1)C1CC1)N1CCC2(CC1)OCCO2. The van der Waals surface area contributed by atoms with Crippen LogP contribution in [-0.4, -0.2) is 80.1 Å². The number of carbonyl (C=O) groups excluding carboxylic acids is 1. The molecule has 1 atom stereocenters. The van der Waals surface area contributed by atoms with Gasteiger partial charge in [-0.15, -0.1) is 0 Å². The number of rotatable bonds is 5. The average molecular weight is 324 g/mol. The fourth-order valence-corrected chi connectivity index (χ4v) is 4.00. The molecule has 3 saturated heterocycles. The highest BCUT2D eigenvalue weighted by Crippen LogP contribution is 2.32. The van der Waals surface area contributed by atoms with E-state index in [-0.39, 0.29) is 5.91 Å². The summed E-state index contributed by atoms with van der Waals surface area (Å²) in [4.78, 5) is 17.1. The Morgan fingerprint density at radius 2 is 1.83 bits per heavy atom. The van der Waals surface area contributed by atoms with Gasteiger partial charge in [0.05, 0.1) is 26.4 Å². The number of ether oxygens (including phenoxy) is 3. The van der Waals surface area contributed by atoms with Crippen LogP contribution in [0.2, 0.25) is 0 Å². The van der Waals surface area contributed by atoms with Gasteiger partial charge in [-0.25, -0.2) is 0 Å². The molecule has 1 unspecified atom stereocenters. The first-order valence-electron chi connectivity index (χ1n) is 9.12. The standard InChI is InChI=1S/C17H28N2O4/c20-16(18-6-4-17(5-7-18)22-9-10-23-17)12-19(15-1-2-15)11-14-3-8-21-13-14/h14-15H,1-13H2. The van der Waals surface area contributed by atoms with Crippen molar-refractivity contribution >= 4 is 5.91 Å². The Labute approximate surface area is 138 Å². The lowest BCUT2D eigenvalue weighted by Gasteiger charge is -2.38. The Kier molecular flexibility index (Phi) is 4.58. The highest BCUT2D eigenvalue weighted by Gasteiger charge is 2.41. The summed E-state index contributed by atoms with van der Waals surface area (Å²) in [5.74, 6) is 0.478. The van der Waals surface area contributed by atoms with Crippen molar-refractivity contribution in [2.75, 3.05) is 52.6 Å². The summed E-state index contributed by atoms with van der Waals surface area (Å²) in [6.07, 6.45) is 5.23. The number of hydrogen-bond acceptors (Lipinski definition) is 5. The van der Waals surface area contributed by atoms with Crippen molar-refractivity contribution in [1.29, 1.82) is 0 Å². The Hall–Kier alpha value is -0.690. The van der Waals surface area contributed by atoms with Crippen molar-refractivity contribution in [3.63, 3.8) is 0 Å². The van der Waals surface area contributed by atoms with Gasteiger partial charge in [0.25, 0.3) is 0 Å². The number of likely N-dealkylation sites (tertiary alicyclic amines) is 1. The van der Waals surface area contributed by atoms with Crippen molar-refractivity contribution < 1.29 is 19.0 Å². The zero-order valence-corrected chi connectivity index (χ0v) is 13.9. The largest absolute Gasteiger partial charge is 0.381 e. The molecule has 4 aliphatic rings. The molecule has 1 saturated carbocycles. The monoisotopic (exact) mass is 324 g/mol. The van der Waals surface area contributed by atoms with Gasteiger partial charge in [0.1, 0.15) is 0 Å². The summed E-state index contributed by atoms with van der Waals surface area (Å²) in [5.41, 5.74) is 0. The van der Waals surface area contributed by atoms with E-state index in [0.29, 0.717) is 31.7 Å². The van der Waals surface area contributed by atoms with Crippen LogP contribution in [0.3, 0.4) is 0 Å². The van der Waals surface area contributed by atoms with Gasteiger partial charge in [0.2, 0.25) is 5.91 Å². The first-order chi connectivity index (χ1) is 11.2. The Bertz CT molecular complexity index is 418. The van der Waals surface area contributed by atoms with Crippen LogP contribution in [-0.2, 0) is 19.0 Å². The van der Waals surface area contributed by atoms with Crippen LogP contribution in [0, 0.1) is 5.92 Å². The Morgan fingerprint density at radius 3 is 2.43 bits per heavy atom. The lowest BCUT2D eigenvalue weighted by molar-refractivity contribution is -0.187. The molecule has 0 aromatic carbocycles. The maximum absolute atomic E-state index is 12.7. The molecular weight excluding hydrogens is 296 g/mol. The van der Waals surface area contributed by atoms with Gasteiger partial charge < -0.3 is 19.1 Å². The van der Waals surface area contributed by atoms with Crippen LogP contribution >= 0.6 is 0 Å². The van der Waals surface area contributed by atoms with Crippen molar-refractivity contribution in [2.45, 2.75) is 43.9 Å². The van der Waals surface area contributed by atoms with Gasteiger partial charge in [0, 0.05) is 45.1 Å². The number of hydrogen-bond donors (Lipinski definition) is 0. The zero-order valence-electron chi connectivity index (χ0n) is 13.9. The number of amides is 1. The maximum Gasteiger partial charge on any atom is 0.236 e. The van der Waals surface area contributed by atoms with Crippen molar-refractivity contribution in [2.24, 2.45) is 5.92 Å². The first-order valence-corrected chi connectivity index (χ1v) is 9.12. The molecule has 1 spiro atoms. The van der Waals surface area contributed by atoms with E-state index in [0.717, 1.165) is 52.1 Å². The molecule has 0 radical (unpaired) electrons. The van der Waals surface area contributed by atoms with Crippen molar-refractivity contribution in [3.05, 3.63) is 0 Å². The van der Waals surface area contributed by atoms with Crippen LogP contribution in [0.5, 0.6) is 0 Å². The molecule has 3 heterocycles. The van der Waals surface area contributed by atoms with Crippen LogP contribution in [0.4, 0.5) is 0 Å². The molecule has 4 rings (SSSR count). The molecule has 6 heteroatoms. The highest BCUT2D eigenvalue weighted by atomic mass is 16.7. The third-order valence-corrected chi connectivity index (χ3v) is 5.61. The summed E-state index contributed by atoms with van der Waals surface area (Å²) in [7, 11) is 0. The molecule has 1 amide bonds. The summed E-state index contributed by atoms with van der Waals surface area (Å²) in [6.45, 7) is 6.20. The third-order valence-electron chi connectivity index (χ3n) is 5.61. The van der Waals surface area contributed by atoms with Gasteiger partial charge in [0.15, 0.2) is 5.79 Å². The number of carbonyl (C=O) groups is 1. The van der Waals surface area contributed by atoms with E-state index in [2.05, 4.69) is 4.90 Å². The zero-order chi connectivity index (χ0) is 15.7. The van der Waals surface area contributed by atoms with E-state index >= 15 is 0 Å². The van der Waals surface area contributed by atoms with Crippen LogP contribution in [0.15, 0.2) is 0 Å². The van der Waals surface area contributed by atoms with Gasteiger partial charge >= 0.3 is 0 Å². The Balaban J connectivity index is 1.28. The summed E-state index contributed by atoms with van der Waals surface area (Å²) in [6, 6.07) is 0.622. The lowest BCUT2D eigenvalue weighted by Crippen LogP contribution is -2.50. The minimum atomic E-state index is -0.395. The first kappa shape index (κ1) is 15.8. The molecule has 4 fully saturated rings. The van der Waals surface area contributed by atoms with Gasteiger partial charge in [-0.1, -0.05) is 0 Å². The van der Waals surface area contributed by atoms with Gasteiger partial charge in [-0.2, -0.15) is 0 Å². The molecule has 3 aliphatic heterocycles. The lowest BCUT2D eigenvalue weighted by atomic mass is 10.0. The van der Waals surface area contributed by atoms with Crippen molar-refractivity contribution in [3.8, 4) is 0 Å². The molecule has 0 bridgehead atoms. The molecule has 0 aromatic heterocycles. The van der Waals surface area contributed by atoms with Crippen molar-refractivity contribution in [1.82, 2.24) is 9.80 Å². The predicted octanol–water partition coefficient (Wildman–Crippen LogP) is 0.853. The second-order valence-electron chi connectivity index (χ2n) is 7.38. The van der Waals surface area contributed by atoms with E-state index in [9.17, 15) is 4.79 Å². The van der Waals surface area contributed by atoms with E-state index in [4.69, 9.17) is 14.2 Å². The topological polar surface area (TPSA) is 51.2 Å². The molecule has 130 valence electrons. The summed E-state index contributed by atoms with van der Waals surface area (Å²) >= 11 is 0. The maximum atomic E-state index is 12.7. The van der Waals surface area contributed by atoms with Gasteiger partial charge in [-0.05, 0) is 25.2 Å². The predicted molar refractivity (Wildman–Crippen MR) is 84.0 cm³/mol. The van der Waals surface area contributed by atoms with Crippen LogP contribution in [0.25, 0.3) is 0 Å². The molecule has 0 N–H and O–H groups in total. The molecule has 6 nitrogen and oxygen atoms in total. The quantitative estimate of drug-likeness (QED) is 0.750. The minimum absolute atomic E-state index is 0.267. The number of nitrogens with zero attached hydrogens (tertiary/aromatic N) is 2. The fourth-order valence-electron chi connectivity index (χ4n) is 4.00. The molecular formula is C17H28N2O4. The fraction of sp³-hybridized carbons (Fsp3) is 0.941. The van der Waals surface area contributed by atoms with E-state index in [1.807, 2.05) is 4.90 Å². The second-order valence-corrected chi connectivity index (χ2v) is 7.38. The minimum Gasteiger partial charge on any atom is -0.381 e. The van der Waals surface area contributed by atoms with E-state index in [1.165, 1.54) is 12.8 Å². The Morgan fingerprint density at radius 1 is 1.09 bits per heavy atom. The smallest absolute Gasteiger partial charge is 0.236 e. The molecule has 1 aliphatic carbocycles. The molecule has 23 heavy (non-hydrogen) atoms. The van der Waals surface area contributed by atoms with Gasteiger partial charge in [-0.3, -0.25) is 9.69 Å². The summed E-state index contributed by atoms with van der Waals surface area (Å²) < 4.78 is 17.0. The highest BCUT2D eigenvalue weighted by molar-refractivity contribution is 5.78.